The van der Waals surface area contributed by atoms with Crippen LogP contribution in [0.5, 0.6) is 0 Å². The van der Waals surface area contributed by atoms with E-state index in [9.17, 15) is 0 Å². The molecule has 0 aliphatic heterocycles. The molecule has 0 saturated heterocycles. The Labute approximate surface area is 127 Å². The molecule has 1 fully saturated rings. The summed E-state index contributed by atoms with van der Waals surface area (Å²) in [6.45, 7) is 1.82. The van der Waals surface area contributed by atoms with Crippen LogP contribution in [0.2, 0.25) is 10.3 Å². The summed E-state index contributed by atoms with van der Waals surface area (Å²) >= 11 is 12.7. The van der Waals surface area contributed by atoms with E-state index in [-0.39, 0.29) is 0 Å². The summed E-state index contributed by atoms with van der Waals surface area (Å²) in [4.78, 5) is 17.1. The number of rotatable bonds is 2. The van der Waals surface area contributed by atoms with Crippen LogP contribution in [-0.4, -0.2) is 19.9 Å². The molecular formula is C14H14Cl2N4. The van der Waals surface area contributed by atoms with Crippen molar-refractivity contribution >= 4 is 23.2 Å². The van der Waals surface area contributed by atoms with E-state index in [2.05, 4.69) is 19.9 Å². The van der Waals surface area contributed by atoms with Gasteiger partial charge in [-0.1, -0.05) is 36.0 Å². The van der Waals surface area contributed by atoms with Crippen molar-refractivity contribution in [3.63, 3.8) is 0 Å². The summed E-state index contributed by atoms with van der Waals surface area (Å²) in [5.74, 6) is 1.50. The zero-order valence-corrected chi connectivity index (χ0v) is 12.6. The summed E-state index contributed by atoms with van der Waals surface area (Å²) in [7, 11) is 0. The van der Waals surface area contributed by atoms with E-state index in [0.29, 0.717) is 33.6 Å². The zero-order valence-electron chi connectivity index (χ0n) is 11.1. The average Bonchev–Trinajstić information content (AvgIpc) is 2.91. The highest BCUT2D eigenvalue weighted by atomic mass is 35.5. The topological polar surface area (TPSA) is 51.6 Å². The first kappa shape index (κ1) is 13.7. The van der Waals surface area contributed by atoms with Crippen LogP contribution in [0.3, 0.4) is 0 Å². The first-order valence-electron chi connectivity index (χ1n) is 6.68. The molecule has 6 heteroatoms. The predicted molar refractivity (Wildman–Crippen MR) is 79.0 cm³/mol. The smallest absolute Gasteiger partial charge is 0.181 e. The van der Waals surface area contributed by atoms with E-state index in [1.165, 1.54) is 12.8 Å². The molecule has 1 aliphatic rings. The molecule has 2 aromatic rings. The highest BCUT2D eigenvalue weighted by Gasteiger charge is 2.24. The first-order valence-corrected chi connectivity index (χ1v) is 7.43. The summed E-state index contributed by atoms with van der Waals surface area (Å²) in [6.07, 6.45) is 6.31. The number of hydrogen-bond acceptors (Lipinski definition) is 4. The maximum atomic E-state index is 6.33. The lowest BCUT2D eigenvalue weighted by Crippen LogP contribution is -2.03. The molecule has 1 saturated carbocycles. The molecule has 0 bridgehead atoms. The van der Waals surface area contributed by atoms with Gasteiger partial charge >= 0.3 is 0 Å². The van der Waals surface area contributed by atoms with E-state index in [0.717, 1.165) is 18.4 Å². The van der Waals surface area contributed by atoms with Crippen LogP contribution in [-0.2, 0) is 0 Å². The van der Waals surface area contributed by atoms with Crippen molar-refractivity contribution in [3.8, 4) is 11.5 Å². The second kappa shape index (κ2) is 5.62. The third-order valence-electron chi connectivity index (χ3n) is 3.62. The van der Waals surface area contributed by atoms with Crippen LogP contribution in [0.1, 0.15) is 43.0 Å². The fourth-order valence-corrected chi connectivity index (χ4v) is 3.36. The van der Waals surface area contributed by atoms with Gasteiger partial charge in [0.15, 0.2) is 5.82 Å². The van der Waals surface area contributed by atoms with E-state index in [4.69, 9.17) is 23.2 Å². The molecule has 0 unspecified atom stereocenters. The predicted octanol–water partition coefficient (Wildman–Crippen LogP) is 4.21. The molecule has 3 rings (SSSR count). The van der Waals surface area contributed by atoms with Gasteiger partial charge in [0.1, 0.15) is 21.8 Å². The molecule has 0 radical (unpaired) electrons. The lowest BCUT2D eigenvalue weighted by atomic mass is 10.0. The maximum absolute atomic E-state index is 6.33. The van der Waals surface area contributed by atoms with Crippen LogP contribution >= 0.6 is 23.2 Å². The Hall–Kier alpha value is -1.26. The highest BCUT2D eigenvalue weighted by Crippen LogP contribution is 2.40. The monoisotopic (exact) mass is 308 g/mol. The fraction of sp³-hybridized carbons (Fsp3) is 0.429. The largest absolute Gasteiger partial charge is 0.242 e. The zero-order chi connectivity index (χ0) is 14.1. The minimum Gasteiger partial charge on any atom is -0.242 e. The van der Waals surface area contributed by atoms with Crippen molar-refractivity contribution in [1.29, 1.82) is 0 Å². The number of aryl methyl sites for hydroxylation is 1. The molecule has 2 aromatic heterocycles. The van der Waals surface area contributed by atoms with Crippen LogP contribution in [0.4, 0.5) is 0 Å². The van der Waals surface area contributed by atoms with Crippen molar-refractivity contribution in [1.82, 2.24) is 19.9 Å². The third kappa shape index (κ3) is 2.63. The lowest BCUT2D eigenvalue weighted by Gasteiger charge is -2.13. The lowest BCUT2D eigenvalue weighted by molar-refractivity contribution is 0.715. The van der Waals surface area contributed by atoms with Gasteiger partial charge in [-0.05, 0) is 31.7 Å². The molecule has 0 amide bonds. The van der Waals surface area contributed by atoms with Crippen LogP contribution in [0, 0.1) is 6.92 Å². The van der Waals surface area contributed by atoms with Gasteiger partial charge in [-0.25, -0.2) is 19.9 Å². The summed E-state index contributed by atoms with van der Waals surface area (Å²) < 4.78 is 0. The van der Waals surface area contributed by atoms with Gasteiger partial charge in [0.05, 0.1) is 0 Å². The molecule has 20 heavy (non-hydrogen) atoms. The van der Waals surface area contributed by atoms with Gasteiger partial charge in [-0.3, -0.25) is 0 Å². The van der Waals surface area contributed by atoms with Crippen molar-refractivity contribution in [2.75, 3.05) is 0 Å². The van der Waals surface area contributed by atoms with Gasteiger partial charge < -0.3 is 0 Å². The average molecular weight is 309 g/mol. The summed E-state index contributed by atoms with van der Waals surface area (Å²) in [5.41, 5.74) is 1.53. The summed E-state index contributed by atoms with van der Waals surface area (Å²) in [5, 5.41) is 0.895. The number of halogens is 2. The van der Waals surface area contributed by atoms with Gasteiger partial charge in [0, 0.05) is 11.8 Å². The van der Waals surface area contributed by atoms with Crippen LogP contribution in [0.15, 0.2) is 12.3 Å². The van der Waals surface area contributed by atoms with Gasteiger partial charge in [0.2, 0.25) is 0 Å². The molecule has 4 nitrogen and oxygen atoms in total. The van der Waals surface area contributed by atoms with Crippen molar-refractivity contribution < 1.29 is 0 Å². The van der Waals surface area contributed by atoms with Crippen molar-refractivity contribution in [2.24, 2.45) is 0 Å². The van der Waals surface area contributed by atoms with Gasteiger partial charge in [-0.2, -0.15) is 0 Å². The van der Waals surface area contributed by atoms with Gasteiger partial charge in [-0.15, -0.1) is 0 Å². The minimum absolute atomic E-state index is 0.385. The fourth-order valence-electron chi connectivity index (χ4n) is 2.66. The maximum Gasteiger partial charge on any atom is 0.181 e. The normalized spacial score (nSPS) is 15.8. The van der Waals surface area contributed by atoms with Crippen LogP contribution in [0.25, 0.3) is 11.5 Å². The molecule has 0 spiro atoms. The highest BCUT2D eigenvalue weighted by molar-refractivity contribution is 6.34. The first-order chi connectivity index (χ1) is 9.65. The molecule has 104 valence electrons. The molecule has 0 aromatic carbocycles. The van der Waals surface area contributed by atoms with E-state index in [1.54, 1.807) is 12.3 Å². The molecule has 0 atom stereocenters. The van der Waals surface area contributed by atoms with E-state index in [1.807, 2.05) is 6.92 Å². The standard InChI is InChI=1S/C14H14Cl2N4/c1-8-17-7-6-10(18-8)14-19-12(15)11(13(16)20-14)9-4-2-3-5-9/h6-7,9H,2-5H2,1H3. The molecule has 1 aliphatic carbocycles. The number of aromatic nitrogens is 4. The minimum atomic E-state index is 0.385. The van der Waals surface area contributed by atoms with E-state index >= 15 is 0 Å². The van der Waals surface area contributed by atoms with Gasteiger partial charge in [0.25, 0.3) is 0 Å². The van der Waals surface area contributed by atoms with Crippen molar-refractivity contribution in [2.45, 2.75) is 38.5 Å². The Kier molecular flexibility index (Phi) is 3.85. The molecular weight excluding hydrogens is 295 g/mol. The molecule has 2 heterocycles. The Morgan fingerprint density at radius 1 is 1.05 bits per heavy atom. The van der Waals surface area contributed by atoms with Crippen molar-refractivity contribution in [3.05, 3.63) is 34.0 Å². The molecule has 0 N–H and O–H groups in total. The Bertz CT molecular complexity index is 616. The number of nitrogens with zero attached hydrogens (tertiary/aromatic N) is 4. The Morgan fingerprint density at radius 3 is 2.30 bits per heavy atom. The second-order valence-electron chi connectivity index (χ2n) is 5.01. The van der Waals surface area contributed by atoms with Crippen LogP contribution < -0.4 is 0 Å². The second-order valence-corrected chi connectivity index (χ2v) is 5.73. The Morgan fingerprint density at radius 2 is 1.70 bits per heavy atom. The number of hydrogen-bond donors (Lipinski definition) is 0. The Balaban J connectivity index is 2.03. The van der Waals surface area contributed by atoms with E-state index < -0.39 is 0 Å². The quantitative estimate of drug-likeness (QED) is 0.780. The SMILES string of the molecule is Cc1nccc(-c2nc(Cl)c(C3CCCC3)c(Cl)n2)n1. The third-order valence-corrected chi connectivity index (χ3v) is 4.20. The summed E-state index contributed by atoms with van der Waals surface area (Å²) in [6, 6.07) is 1.75.